The fraction of sp³-hybridized carbons (Fsp3) is 0.737. The van der Waals surface area contributed by atoms with E-state index < -0.39 is 0 Å². The zero-order chi connectivity index (χ0) is 17.7. The average molecular weight is 300 g/mol. The standard InChI is InChI=1S/C8H13NO.C4H8.C3H8.2C2H6/c1-2-8(10)9-6-4-3-5-7-9;1-4(2)3;1-3-2;2*1-2/h2H,1,3-7H2;1H2,2-3H3;3H2,1-2H3;2*1-2H3. The van der Waals surface area contributed by atoms with Crippen LogP contribution < -0.4 is 0 Å². The third-order valence-electron chi connectivity index (χ3n) is 1.84. The van der Waals surface area contributed by atoms with Crippen LogP contribution in [0, 0.1) is 0 Å². The Kier molecular flexibility index (Phi) is 36.6. The highest BCUT2D eigenvalue weighted by molar-refractivity contribution is 5.86. The summed E-state index contributed by atoms with van der Waals surface area (Å²) in [5.74, 6) is 0.0831. The van der Waals surface area contributed by atoms with E-state index in [4.69, 9.17) is 0 Å². The zero-order valence-corrected chi connectivity index (χ0v) is 16.1. The second-order valence-corrected chi connectivity index (χ2v) is 4.50. The van der Waals surface area contributed by atoms with E-state index in [0.717, 1.165) is 25.9 Å². The Morgan fingerprint density at radius 3 is 1.52 bits per heavy atom. The third kappa shape index (κ3) is 32.5. The second-order valence-electron chi connectivity index (χ2n) is 4.50. The van der Waals surface area contributed by atoms with Gasteiger partial charge in [0, 0.05) is 13.1 Å². The highest BCUT2D eigenvalue weighted by atomic mass is 16.2. The lowest BCUT2D eigenvalue weighted by Gasteiger charge is -2.25. The first-order valence-electron chi connectivity index (χ1n) is 8.52. The summed E-state index contributed by atoms with van der Waals surface area (Å²) in [6.07, 6.45) is 6.21. The van der Waals surface area contributed by atoms with Crippen LogP contribution >= 0.6 is 0 Å². The molecule has 0 saturated carbocycles. The van der Waals surface area contributed by atoms with Crippen LogP contribution in [-0.2, 0) is 4.79 Å². The largest absolute Gasteiger partial charge is 0.339 e. The van der Waals surface area contributed by atoms with Crippen molar-refractivity contribution in [2.24, 2.45) is 0 Å². The van der Waals surface area contributed by atoms with E-state index in [2.05, 4.69) is 27.0 Å². The van der Waals surface area contributed by atoms with Gasteiger partial charge in [0.05, 0.1) is 0 Å². The minimum Gasteiger partial charge on any atom is -0.339 e. The van der Waals surface area contributed by atoms with Crippen LogP contribution in [0.1, 0.15) is 81.1 Å². The van der Waals surface area contributed by atoms with E-state index in [0.29, 0.717) is 0 Å². The van der Waals surface area contributed by atoms with Gasteiger partial charge in [0.15, 0.2) is 0 Å². The lowest BCUT2D eigenvalue weighted by Crippen LogP contribution is -2.34. The van der Waals surface area contributed by atoms with Crippen molar-refractivity contribution < 1.29 is 4.79 Å². The molecule has 2 nitrogen and oxygen atoms in total. The summed E-state index contributed by atoms with van der Waals surface area (Å²) in [6, 6.07) is 0. The Balaban J connectivity index is -0.000000111. The molecule has 0 N–H and O–H groups in total. The molecule has 0 unspecified atom stereocenters. The molecule has 128 valence electrons. The summed E-state index contributed by atoms with van der Waals surface area (Å²) < 4.78 is 0. The average Bonchev–Trinajstić information content (AvgIpc) is 2.51. The zero-order valence-electron chi connectivity index (χ0n) is 16.1. The number of likely N-dealkylation sites (tertiary alicyclic amines) is 1. The molecule has 0 spiro atoms. The van der Waals surface area contributed by atoms with Gasteiger partial charge >= 0.3 is 0 Å². The van der Waals surface area contributed by atoms with Gasteiger partial charge in [-0.15, -0.1) is 6.58 Å². The van der Waals surface area contributed by atoms with Crippen molar-refractivity contribution in [2.45, 2.75) is 81.1 Å². The van der Waals surface area contributed by atoms with Crippen molar-refractivity contribution in [3.05, 3.63) is 24.8 Å². The molecule has 21 heavy (non-hydrogen) atoms. The maximum absolute atomic E-state index is 11.0. The topological polar surface area (TPSA) is 20.3 Å². The number of allylic oxidation sites excluding steroid dienone is 1. The molecule has 1 amide bonds. The highest BCUT2D eigenvalue weighted by Crippen LogP contribution is 2.08. The molecule has 1 heterocycles. The molecule has 2 heteroatoms. The maximum Gasteiger partial charge on any atom is 0.245 e. The molecule has 1 fully saturated rings. The summed E-state index contributed by atoms with van der Waals surface area (Å²) >= 11 is 0. The first-order valence-corrected chi connectivity index (χ1v) is 8.52. The SMILES string of the molecule is C=C(C)C.C=CC(=O)N1CCCCC1.CC.CC.CCC. The van der Waals surface area contributed by atoms with Crippen LogP contribution in [0.25, 0.3) is 0 Å². The molecular weight excluding hydrogens is 258 g/mol. The normalized spacial score (nSPS) is 11.5. The Labute approximate surface area is 135 Å². The van der Waals surface area contributed by atoms with Gasteiger partial charge in [0.1, 0.15) is 0 Å². The molecule has 0 aromatic heterocycles. The monoisotopic (exact) mass is 299 g/mol. The molecule has 1 aliphatic heterocycles. The number of hydrogen-bond donors (Lipinski definition) is 0. The smallest absolute Gasteiger partial charge is 0.245 e. The van der Waals surface area contributed by atoms with Crippen molar-refractivity contribution in [3.8, 4) is 0 Å². The molecule has 0 bridgehead atoms. The molecule has 1 aliphatic rings. The van der Waals surface area contributed by atoms with E-state index in [-0.39, 0.29) is 5.91 Å². The number of nitrogens with zero attached hydrogens (tertiary/aromatic N) is 1. The predicted octanol–water partition coefficient (Wildman–Crippen LogP) is 6.24. The number of piperidine rings is 1. The summed E-state index contributed by atoms with van der Waals surface area (Å²) in [6.45, 7) is 25.0. The Morgan fingerprint density at radius 1 is 1.00 bits per heavy atom. The first-order chi connectivity index (χ1) is 9.99. The molecule has 1 saturated heterocycles. The van der Waals surface area contributed by atoms with Crippen molar-refractivity contribution >= 4 is 5.91 Å². The molecule has 0 aromatic rings. The van der Waals surface area contributed by atoms with Crippen molar-refractivity contribution in [2.75, 3.05) is 13.1 Å². The van der Waals surface area contributed by atoms with Crippen LogP contribution in [0.3, 0.4) is 0 Å². The van der Waals surface area contributed by atoms with Crippen molar-refractivity contribution in [3.63, 3.8) is 0 Å². The number of carbonyl (C=O) groups excluding carboxylic acids is 1. The Bertz CT molecular complexity index is 212. The molecule has 1 rings (SSSR count). The van der Waals surface area contributed by atoms with Gasteiger partial charge in [-0.2, -0.15) is 0 Å². The summed E-state index contributed by atoms with van der Waals surface area (Å²) in [4.78, 5) is 12.8. The van der Waals surface area contributed by atoms with E-state index >= 15 is 0 Å². The van der Waals surface area contributed by atoms with Gasteiger partial charge in [-0.1, -0.05) is 60.1 Å². The molecule has 0 radical (unpaired) electrons. The fourth-order valence-electron chi connectivity index (χ4n) is 1.24. The maximum atomic E-state index is 11.0. The van der Waals surface area contributed by atoms with Gasteiger partial charge in [-0.05, 0) is 39.2 Å². The number of hydrogen-bond acceptors (Lipinski definition) is 1. The quantitative estimate of drug-likeness (QED) is 0.415. The van der Waals surface area contributed by atoms with Crippen LogP contribution in [-0.4, -0.2) is 23.9 Å². The van der Waals surface area contributed by atoms with Gasteiger partial charge in [-0.3, -0.25) is 4.79 Å². The Hall–Kier alpha value is -1.05. The number of carbonyl (C=O) groups is 1. The van der Waals surface area contributed by atoms with Crippen LogP contribution in [0.15, 0.2) is 24.8 Å². The van der Waals surface area contributed by atoms with E-state index in [1.807, 2.05) is 46.4 Å². The first kappa shape index (κ1) is 28.2. The summed E-state index contributed by atoms with van der Waals surface area (Å²) in [5.41, 5.74) is 1.17. The fourth-order valence-corrected chi connectivity index (χ4v) is 1.24. The van der Waals surface area contributed by atoms with Gasteiger partial charge in [0.2, 0.25) is 5.91 Å². The van der Waals surface area contributed by atoms with Crippen LogP contribution in [0.4, 0.5) is 0 Å². The highest BCUT2D eigenvalue weighted by Gasteiger charge is 2.12. The van der Waals surface area contributed by atoms with Crippen LogP contribution in [0.2, 0.25) is 0 Å². The minimum absolute atomic E-state index is 0.0831. The van der Waals surface area contributed by atoms with Gasteiger partial charge < -0.3 is 4.90 Å². The Morgan fingerprint density at radius 2 is 1.29 bits per heavy atom. The summed E-state index contributed by atoms with van der Waals surface area (Å²) in [7, 11) is 0. The summed E-state index contributed by atoms with van der Waals surface area (Å²) in [5, 5.41) is 0. The van der Waals surface area contributed by atoms with E-state index in [1.165, 1.54) is 24.5 Å². The molecule has 0 aliphatic carbocycles. The lowest BCUT2D eigenvalue weighted by atomic mass is 10.1. The van der Waals surface area contributed by atoms with E-state index in [9.17, 15) is 4.79 Å². The van der Waals surface area contributed by atoms with Gasteiger partial charge in [0.25, 0.3) is 0 Å². The van der Waals surface area contributed by atoms with E-state index in [1.54, 1.807) is 0 Å². The number of rotatable bonds is 1. The lowest BCUT2D eigenvalue weighted by molar-refractivity contribution is -0.126. The van der Waals surface area contributed by atoms with Crippen molar-refractivity contribution in [1.29, 1.82) is 0 Å². The molecule has 0 aromatic carbocycles. The third-order valence-corrected chi connectivity index (χ3v) is 1.84. The molecule has 0 atom stereocenters. The predicted molar refractivity (Wildman–Crippen MR) is 99.8 cm³/mol. The van der Waals surface area contributed by atoms with Crippen molar-refractivity contribution in [1.82, 2.24) is 4.90 Å². The van der Waals surface area contributed by atoms with Crippen LogP contribution in [0.5, 0.6) is 0 Å². The van der Waals surface area contributed by atoms with Gasteiger partial charge in [-0.25, -0.2) is 0 Å². The second kappa shape index (κ2) is 27.3. The minimum atomic E-state index is 0.0831. The molecular formula is C19H41NO. The number of amides is 1.